The first-order valence-corrected chi connectivity index (χ1v) is 13.2. The minimum absolute atomic E-state index is 0.0433. The zero-order valence-corrected chi connectivity index (χ0v) is 20.4. The van der Waals surface area contributed by atoms with E-state index in [1.807, 2.05) is 6.08 Å². The standard InChI is InChI=1S/C29H37FN4/c1-19-15-25(18-29(17-19)13-14-29)34-27-12-5-21(4-3-20(2)31-23-10-11-23)16-26(27)33-28(34)32-24-8-6-22(30)7-9-24/h5-6,8,12,16,19,23,25,31H,2-4,7,9-11,13-15,17-18H2,1H3,(H,32,33). The average molecular weight is 461 g/mol. The Hall–Kier alpha value is -2.56. The summed E-state index contributed by atoms with van der Waals surface area (Å²) >= 11 is 0. The molecule has 1 aromatic heterocycles. The summed E-state index contributed by atoms with van der Waals surface area (Å²) < 4.78 is 16.0. The summed E-state index contributed by atoms with van der Waals surface area (Å²) in [5.74, 6) is 1.61. The van der Waals surface area contributed by atoms with Crippen molar-refractivity contribution in [2.45, 2.75) is 89.6 Å². The topological polar surface area (TPSA) is 41.9 Å². The molecule has 0 radical (unpaired) electrons. The molecule has 4 aliphatic carbocycles. The maximum Gasteiger partial charge on any atom is 0.208 e. The van der Waals surface area contributed by atoms with Crippen molar-refractivity contribution in [3.63, 3.8) is 0 Å². The normalized spacial score (nSPS) is 25.7. The fourth-order valence-corrected chi connectivity index (χ4v) is 6.24. The number of imidazole rings is 1. The molecule has 3 saturated carbocycles. The monoisotopic (exact) mass is 460 g/mol. The lowest BCUT2D eigenvalue weighted by Crippen LogP contribution is -2.26. The minimum atomic E-state index is -0.0433. The third-order valence-corrected chi connectivity index (χ3v) is 8.27. The van der Waals surface area contributed by atoms with Gasteiger partial charge in [-0.15, -0.1) is 0 Å². The van der Waals surface area contributed by atoms with Crippen molar-refractivity contribution in [1.29, 1.82) is 0 Å². The molecule has 0 amide bonds. The van der Waals surface area contributed by atoms with Crippen molar-refractivity contribution in [3.8, 4) is 0 Å². The van der Waals surface area contributed by atoms with E-state index >= 15 is 0 Å². The summed E-state index contributed by atoms with van der Waals surface area (Å²) in [6.07, 6.45) is 15.7. The first-order valence-electron chi connectivity index (χ1n) is 13.2. The third kappa shape index (κ3) is 4.67. The molecule has 0 aliphatic heterocycles. The van der Waals surface area contributed by atoms with Gasteiger partial charge in [0.15, 0.2) is 0 Å². The summed E-state index contributed by atoms with van der Waals surface area (Å²) in [5.41, 5.74) is 6.33. The van der Waals surface area contributed by atoms with Crippen LogP contribution in [0, 0.1) is 11.3 Å². The molecule has 2 atom stereocenters. The predicted octanol–water partition coefficient (Wildman–Crippen LogP) is 7.32. The second-order valence-corrected chi connectivity index (χ2v) is 11.5. The van der Waals surface area contributed by atoms with Crippen LogP contribution in [0.4, 0.5) is 10.3 Å². The second kappa shape index (κ2) is 8.58. The van der Waals surface area contributed by atoms with Crippen molar-refractivity contribution < 1.29 is 4.39 Å². The fraction of sp³-hybridized carbons (Fsp3) is 0.552. The highest BCUT2D eigenvalue weighted by Gasteiger charge is 2.48. The number of halogens is 1. The van der Waals surface area contributed by atoms with E-state index in [9.17, 15) is 4.39 Å². The lowest BCUT2D eigenvalue weighted by atomic mass is 9.77. The van der Waals surface area contributed by atoms with Crippen LogP contribution in [0.3, 0.4) is 0 Å². The highest BCUT2D eigenvalue weighted by Crippen LogP contribution is 2.60. The molecule has 4 aliphatic rings. The number of nitrogens with one attached hydrogen (secondary N) is 2. The van der Waals surface area contributed by atoms with Crippen molar-refractivity contribution in [1.82, 2.24) is 14.9 Å². The highest BCUT2D eigenvalue weighted by atomic mass is 19.1. The van der Waals surface area contributed by atoms with E-state index in [1.54, 1.807) is 6.08 Å². The average Bonchev–Trinajstić information content (AvgIpc) is 3.73. The molecular formula is C29H37FN4. The van der Waals surface area contributed by atoms with Gasteiger partial charge in [0, 0.05) is 29.9 Å². The molecule has 180 valence electrons. The summed E-state index contributed by atoms with van der Waals surface area (Å²) in [6.45, 7) is 6.62. The molecule has 2 N–H and O–H groups in total. The molecule has 34 heavy (non-hydrogen) atoms. The van der Waals surface area contributed by atoms with Gasteiger partial charge in [0.1, 0.15) is 5.83 Å². The zero-order chi connectivity index (χ0) is 23.3. The molecule has 3 fully saturated rings. The van der Waals surface area contributed by atoms with Crippen LogP contribution in [0.5, 0.6) is 0 Å². The summed E-state index contributed by atoms with van der Waals surface area (Å²) in [5, 5.41) is 7.12. The van der Waals surface area contributed by atoms with Gasteiger partial charge >= 0.3 is 0 Å². The lowest BCUT2D eigenvalue weighted by molar-refractivity contribution is 0.196. The number of rotatable bonds is 8. The maximum absolute atomic E-state index is 13.6. The fourth-order valence-electron chi connectivity index (χ4n) is 6.24. The maximum atomic E-state index is 13.6. The zero-order valence-electron chi connectivity index (χ0n) is 20.4. The summed E-state index contributed by atoms with van der Waals surface area (Å²) in [7, 11) is 0. The van der Waals surface area contributed by atoms with Crippen LogP contribution in [0.2, 0.25) is 0 Å². The number of anilines is 1. The van der Waals surface area contributed by atoms with E-state index in [-0.39, 0.29) is 5.83 Å². The molecule has 2 aromatic rings. The number of hydrogen-bond acceptors (Lipinski definition) is 3. The number of allylic oxidation sites excluding steroid dienone is 5. The van der Waals surface area contributed by atoms with Gasteiger partial charge < -0.3 is 15.2 Å². The molecule has 1 spiro atoms. The molecular weight excluding hydrogens is 423 g/mol. The summed E-state index contributed by atoms with van der Waals surface area (Å²) in [4.78, 5) is 5.10. The molecule has 2 unspecified atom stereocenters. The van der Waals surface area contributed by atoms with Crippen molar-refractivity contribution >= 4 is 17.0 Å². The van der Waals surface area contributed by atoms with E-state index in [1.165, 1.54) is 56.0 Å². The Morgan fingerprint density at radius 1 is 1.21 bits per heavy atom. The van der Waals surface area contributed by atoms with E-state index in [0.29, 0.717) is 30.3 Å². The van der Waals surface area contributed by atoms with Crippen LogP contribution >= 0.6 is 0 Å². The van der Waals surface area contributed by atoms with Gasteiger partial charge in [-0.25, -0.2) is 9.37 Å². The molecule has 4 nitrogen and oxygen atoms in total. The summed E-state index contributed by atoms with van der Waals surface area (Å²) in [6, 6.07) is 7.92. The van der Waals surface area contributed by atoms with Gasteiger partial charge in [0.25, 0.3) is 0 Å². The van der Waals surface area contributed by atoms with Gasteiger partial charge in [-0.2, -0.15) is 0 Å². The van der Waals surface area contributed by atoms with Gasteiger partial charge in [-0.3, -0.25) is 0 Å². The molecule has 6 rings (SSSR count). The van der Waals surface area contributed by atoms with Gasteiger partial charge in [0.2, 0.25) is 5.95 Å². The van der Waals surface area contributed by atoms with Crippen LogP contribution in [0.1, 0.15) is 82.7 Å². The SMILES string of the molecule is C=C(CCc1ccc2c(c1)nc(NC1=CC=C(F)CC1)n2C1CC(C)CC2(CC2)C1)NC1CC1. The number of aryl methyl sites for hydroxylation is 1. The van der Waals surface area contributed by atoms with E-state index in [0.717, 1.165) is 41.6 Å². The molecule has 1 heterocycles. The molecule has 1 aromatic carbocycles. The van der Waals surface area contributed by atoms with Gasteiger partial charge in [-0.1, -0.05) is 19.6 Å². The van der Waals surface area contributed by atoms with Crippen LogP contribution in [0.15, 0.2) is 54.2 Å². The lowest BCUT2D eigenvalue weighted by Gasteiger charge is -2.35. The first kappa shape index (κ1) is 21.9. The van der Waals surface area contributed by atoms with Crippen LogP contribution < -0.4 is 10.6 Å². The minimum Gasteiger partial charge on any atom is -0.386 e. The van der Waals surface area contributed by atoms with Crippen LogP contribution in [-0.2, 0) is 6.42 Å². The molecule has 0 saturated heterocycles. The Bertz CT molecular complexity index is 1160. The number of nitrogens with zero attached hydrogens (tertiary/aromatic N) is 2. The Kier molecular flexibility index (Phi) is 5.54. The number of aromatic nitrogens is 2. The Morgan fingerprint density at radius 3 is 2.79 bits per heavy atom. The van der Waals surface area contributed by atoms with Crippen LogP contribution in [0.25, 0.3) is 11.0 Å². The van der Waals surface area contributed by atoms with E-state index in [2.05, 4.69) is 46.9 Å². The van der Waals surface area contributed by atoms with Gasteiger partial charge in [0.05, 0.1) is 11.0 Å². The quantitative estimate of drug-likeness (QED) is 0.434. The first-order chi connectivity index (χ1) is 16.5. The number of benzene rings is 1. The van der Waals surface area contributed by atoms with E-state index in [4.69, 9.17) is 4.98 Å². The largest absolute Gasteiger partial charge is 0.386 e. The highest BCUT2D eigenvalue weighted by molar-refractivity contribution is 5.80. The molecule has 5 heteroatoms. The smallest absolute Gasteiger partial charge is 0.208 e. The Balaban J connectivity index is 1.30. The van der Waals surface area contributed by atoms with Crippen LogP contribution in [-0.4, -0.2) is 15.6 Å². The number of fused-ring (bicyclic) bond motifs is 1. The third-order valence-electron chi connectivity index (χ3n) is 8.27. The van der Waals surface area contributed by atoms with E-state index < -0.39 is 0 Å². The predicted molar refractivity (Wildman–Crippen MR) is 137 cm³/mol. The molecule has 0 bridgehead atoms. The van der Waals surface area contributed by atoms with Crippen molar-refractivity contribution in [3.05, 3.63) is 59.7 Å². The second-order valence-electron chi connectivity index (χ2n) is 11.5. The van der Waals surface area contributed by atoms with Gasteiger partial charge in [-0.05, 0) is 105 Å². The Labute approximate surface area is 202 Å². The Morgan fingerprint density at radius 2 is 2.06 bits per heavy atom. The number of hydrogen-bond donors (Lipinski definition) is 2. The van der Waals surface area contributed by atoms with Crippen molar-refractivity contribution in [2.75, 3.05) is 5.32 Å². The van der Waals surface area contributed by atoms with Crippen molar-refractivity contribution in [2.24, 2.45) is 11.3 Å².